The van der Waals surface area contributed by atoms with Crippen LogP contribution in [-0.2, 0) is 0 Å². The number of benzene rings is 1. The number of amides is 1. The molecule has 10 heteroatoms. The minimum absolute atomic E-state index is 0.0359. The molecule has 5 rings (SSSR count). The number of piperazine rings is 1. The zero-order chi connectivity index (χ0) is 26.6. The second-order valence-corrected chi connectivity index (χ2v) is 11.1. The molecule has 4 heterocycles. The number of nitrogens with one attached hydrogen (secondary N) is 2. The van der Waals surface area contributed by atoms with E-state index in [0.717, 1.165) is 38.3 Å². The third-order valence-corrected chi connectivity index (χ3v) is 7.98. The molecule has 0 radical (unpaired) electrons. The Morgan fingerprint density at radius 1 is 1.05 bits per heavy atom. The molecule has 3 aliphatic heterocycles. The quantitative estimate of drug-likeness (QED) is 0.481. The molecular formula is C28H42N8O2. The number of ether oxygens (including phenoxy) is 1. The molecule has 3 aliphatic rings. The summed E-state index contributed by atoms with van der Waals surface area (Å²) in [4.78, 5) is 29.1. The lowest BCUT2D eigenvalue weighted by molar-refractivity contribution is 0.0982. The fourth-order valence-corrected chi connectivity index (χ4v) is 5.61. The van der Waals surface area contributed by atoms with Crippen LogP contribution in [0.2, 0.25) is 0 Å². The summed E-state index contributed by atoms with van der Waals surface area (Å²) in [6.07, 6.45) is 3.34. The highest BCUT2D eigenvalue weighted by Gasteiger charge is 2.27. The zero-order valence-corrected chi connectivity index (χ0v) is 22.9. The van der Waals surface area contributed by atoms with Crippen LogP contribution < -0.4 is 26.0 Å². The van der Waals surface area contributed by atoms with Gasteiger partial charge in [-0.15, -0.1) is 0 Å². The standard InChI is InChI=1S/C28H42N8O2/c1-19(2)24-28(38-23-8-11-30-18-23)33-27(25(32-24)26(29)37)31-20-4-6-21(7-5-20)35-12-9-22(10-13-35)36-16-14-34(3)15-17-36/h4-7,19,22-23,30H,8-18H2,1-3H3,(H2,29,37)(H,31,33)/t23-/m1/s1. The normalized spacial score (nSPS) is 21.7. The Balaban J connectivity index is 1.26. The van der Waals surface area contributed by atoms with E-state index >= 15 is 0 Å². The van der Waals surface area contributed by atoms with Gasteiger partial charge in [-0.2, -0.15) is 4.98 Å². The first-order valence-corrected chi connectivity index (χ1v) is 14.0. The summed E-state index contributed by atoms with van der Waals surface area (Å²) < 4.78 is 6.20. The van der Waals surface area contributed by atoms with Crippen molar-refractivity contribution in [2.24, 2.45) is 5.73 Å². The first-order valence-electron chi connectivity index (χ1n) is 14.0. The van der Waals surface area contributed by atoms with Crippen LogP contribution >= 0.6 is 0 Å². The number of hydrogen-bond donors (Lipinski definition) is 3. The average molecular weight is 523 g/mol. The lowest BCUT2D eigenvalue weighted by Crippen LogP contribution is -2.52. The minimum atomic E-state index is -0.615. The summed E-state index contributed by atoms with van der Waals surface area (Å²) in [6, 6.07) is 8.98. The average Bonchev–Trinajstić information content (AvgIpc) is 3.43. The van der Waals surface area contributed by atoms with Crippen LogP contribution in [0, 0.1) is 0 Å². The van der Waals surface area contributed by atoms with E-state index in [4.69, 9.17) is 15.5 Å². The van der Waals surface area contributed by atoms with Gasteiger partial charge in [-0.1, -0.05) is 13.8 Å². The predicted molar refractivity (Wildman–Crippen MR) is 151 cm³/mol. The summed E-state index contributed by atoms with van der Waals surface area (Å²) in [5.74, 6) is 0.208. The molecule has 3 saturated heterocycles. The lowest BCUT2D eigenvalue weighted by Gasteiger charge is -2.42. The van der Waals surface area contributed by atoms with Crippen molar-refractivity contribution in [3.63, 3.8) is 0 Å². The highest BCUT2D eigenvalue weighted by atomic mass is 16.5. The number of carbonyl (C=O) groups is 1. The van der Waals surface area contributed by atoms with Gasteiger partial charge in [0.2, 0.25) is 5.88 Å². The summed E-state index contributed by atoms with van der Waals surface area (Å²) >= 11 is 0. The second-order valence-electron chi connectivity index (χ2n) is 11.1. The highest BCUT2D eigenvalue weighted by Crippen LogP contribution is 2.30. The van der Waals surface area contributed by atoms with E-state index in [1.165, 1.54) is 44.7 Å². The Hall–Kier alpha value is -2.95. The van der Waals surface area contributed by atoms with Gasteiger partial charge in [-0.25, -0.2) is 4.98 Å². The Morgan fingerprint density at radius 3 is 2.37 bits per heavy atom. The van der Waals surface area contributed by atoms with Crippen molar-refractivity contribution in [1.82, 2.24) is 25.1 Å². The molecule has 1 aromatic carbocycles. The van der Waals surface area contributed by atoms with E-state index in [2.05, 4.69) is 49.5 Å². The predicted octanol–water partition coefficient (Wildman–Crippen LogP) is 2.40. The van der Waals surface area contributed by atoms with Gasteiger partial charge in [0.25, 0.3) is 5.91 Å². The summed E-state index contributed by atoms with van der Waals surface area (Å²) in [6.45, 7) is 12.5. The lowest BCUT2D eigenvalue weighted by atomic mass is 10.0. The van der Waals surface area contributed by atoms with Crippen LogP contribution in [0.5, 0.6) is 5.88 Å². The van der Waals surface area contributed by atoms with Crippen molar-refractivity contribution in [2.45, 2.75) is 51.2 Å². The van der Waals surface area contributed by atoms with Crippen molar-refractivity contribution in [2.75, 3.05) is 69.6 Å². The van der Waals surface area contributed by atoms with Crippen LogP contribution in [0.1, 0.15) is 55.2 Å². The number of primary amides is 1. The van der Waals surface area contributed by atoms with Crippen molar-refractivity contribution >= 4 is 23.1 Å². The van der Waals surface area contributed by atoms with Gasteiger partial charge in [-0.05, 0) is 57.1 Å². The number of aromatic nitrogens is 2. The number of nitrogens with zero attached hydrogens (tertiary/aromatic N) is 5. The maximum absolute atomic E-state index is 12.3. The Labute approximate surface area is 225 Å². The molecule has 2 aromatic rings. The fraction of sp³-hybridized carbons (Fsp3) is 0.607. The molecule has 1 atom stereocenters. The van der Waals surface area contributed by atoms with Crippen LogP contribution in [0.3, 0.4) is 0 Å². The maximum Gasteiger partial charge on any atom is 0.271 e. The number of anilines is 3. The number of rotatable bonds is 8. The van der Waals surface area contributed by atoms with Gasteiger partial charge >= 0.3 is 0 Å². The molecule has 0 saturated carbocycles. The number of carbonyl (C=O) groups excluding carboxylic acids is 1. The third-order valence-electron chi connectivity index (χ3n) is 7.98. The Morgan fingerprint density at radius 2 is 1.76 bits per heavy atom. The first kappa shape index (κ1) is 26.6. The molecule has 1 aromatic heterocycles. The maximum atomic E-state index is 12.3. The molecule has 3 fully saturated rings. The molecule has 10 nitrogen and oxygen atoms in total. The molecule has 1 amide bonds. The van der Waals surface area contributed by atoms with Gasteiger partial charge in [0.1, 0.15) is 11.8 Å². The minimum Gasteiger partial charge on any atom is -0.472 e. The number of hydrogen-bond acceptors (Lipinski definition) is 9. The number of likely N-dealkylation sites (N-methyl/N-ethyl adjacent to an activating group) is 1. The zero-order valence-electron chi connectivity index (χ0n) is 22.9. The van der Waals surface area contributed by atoms with E-state index in [-0.39, 0.29) is 17.7 Å². The Bertz CT molecular complexity index is 1090. The first-order chi connectivity index (χ1) is 18.4. The largest absolute Gasteiger partial charge is 0.472 e. The molecule has 0 unspecified atom stereocenters. The molecule has 206 valence electrons. The van der Waals surface area contributed by atoms with E-state index < -0.39 is 5.91 Å². The molecule has 0 spiro atoms. The number of nitrogens with two attached hydrogens (primary N) is 1. The number of piperidine rings is 1. The molecular weight excluding hydrogens is 480 g/mol. The molecule has 0 aliphatic carbocycles. The Kier molecular flexibility index (Phi) is 8.30. The summed E-state index contributed by atoms with van der Waals surface area (Å²) in [5.41, 5.74) is 8.50. The van der Waals surface area contributed by atoms with E-state index in [1.807, 2.05) is 26.0 Å². The molecule has 4 N–H and O–H groups in total. The van der Waals surface area contributed by atoms with Gasteiger partial charge < -0.3 is 30.9 Å². The van der Waals surface area contributed by atoms with Gasteiger partial charge in [-0.3, -0.25) is 9.69 Å². The molecule has 38 heavy (non-hydrogen) atoms. The smallest absolute Gasteiger partial charge is 0.271 e. The van der Waals surface area contributed by atoms with Crippen LogP contribution in [0.25, 0.3) is 0 Å². The summed E-state index contributed by atoms with van der Waals surface area (Å²) in [7, 11) is 2.21. The van der Waals surface area contributed by atoms with E-state index in [0.29, 0.717) is 23.4 Å². The van der Waals surface area contributed by atoms with Gasteiger partial charge in [0.05, 0.1) is 0 Å². The van der Waals surface area contributed by atoms with Crippen molar-refractivity contribution in [3.05, 3.63) is 35.7 Å². The fourth-order valence-electron chi connectivity index (χ4n) is 5.61. The molecule has 0 bridgehead atoms. The van der Waals surface area contributed by atoms with Crippen LogP contribution in [0.15, 0.2) is 24.3 Å². The highest BCUT2D eigenvalue weighted by molar-refractivity contribution is 5.96. The van der Waals surface area contributed by atoms with E-state index in [1.54, 1.807) is 0 Å². The van der Waals surface area contributed by atoms with Gasteiger partial charge in [0, 0.05) is 69.1 Å². The topological polar surface area (TPSA) is 112 Å². The van der Waals surface area contributed by atoms with Crippen molar-refractivity contribution in [1.29, 1.82) is 0 Å². The van der Waals surface area contributed by atoms with Crippen LogP contribution in [-0.4, -0.2) is 97.2 Å². The van der Waals surface area contributed by atoms with Crippen LogP contribution in [0.4, 0.5) is 17.2 Å². The van der Waals surface area contributed by atoms with E-state index in [9.17, 15) is 4.79 Å². The third kappa shape index (κ3) is 6.19. The SMILES string of the molecule is CC(C)c1nc(C(N)=O)c(Nc2ccc(N3CCC(N4CCN(C)CC4)CC3)cc2)nc1O[C@@H]1CCNC1. The summed E-state index contributed by atoms with van der Waals surface area (Å²) in [5, 5.41) is 6.58. The van der Waals surface area contributed by atoms with Crippen molar-refractivity contribution in [3.8, 4) is 5.88 Å². The van der Waals surface area contributed by atoms with Gasteiger partial charge in [0.15, 0.2) is 11.5 Å². The monoisotopic (exact) mass is 522 g/mol. The second kappa shape index (κ2) is 11.8. The van der Waals surface area contributed by atoms with Crippen molar-refractivity contribution < 1.29 is 9.53 Å².